The van der Waals surface area contributed by atoms with Gasteiger partial charge in [-0.2, -0.15) is 0 Å². The second-order valence-electron chi connectivity index (χ2n) is 3.35. The van der Waals surface area contributed by atoms with Crippen molar-refractivity contribution in [3.05, 3.63) is 34.6 Å². The van der Waals surface area contributed by atoms with Crippen molar-refractivity contribution in [1.82, 2.24) is 0 Å². The number of carbonyl (C=O) groups excluding carboxylic acids is 2. The molecule has 0 aliphatic heterocycles. The molecule has 0 amide bonds. The third-order valence-electron chi connectivity index (χ3n) is 2.09. The van der Waals surface area contributed by atoms with Crippen molar-refractivity contribution in [2.45, 2.75) is 19.8 Å². The minimum absolute atomic E-state index is 0.0469. The molecule has 0 heterocycles. The molecule has 0 saturated carbocycles. The number of ketones is 1. The minimum atomic E-state index is -0.675. The van der Waals surface area contributed by atoms with Crippen LogP contribution in [0.4, 0.5) is 4.39 Å². The summed E-state index contributed by atoms with van der Waals surface area (Å²) in [5, 5.41) is 0.226. The number of halogens is 2. The smallest absolute Gasteiger partial charge is 0.306 e. The molecule has 0 unspecified atom stereocenters. The normalized spacial score (nSPS) is 10.1. The van der Waals surface area contributed by atoms with Gasteiger partial charge >= 0.3 is 5.97 Å². The van der Waals surface area contributed by atoms with Gasteiger partial charge in [0.2, 0.25) is 0 Å². The Kier molecular flexibility index (Phi) is 5.10. The van der Waals surface area contributed by atoms with Crippen LogP contribution in [0.5, 0.6) is 0 Å². The van der Waals surface area contributed by atoms with Crippen molar-refractivity contribution in [3.8, 4) is 0 Å². The van der Waals surface area contributed by atoms with Gasteiger partial charge in [-0.05, 0) is 25.1 Å². The van der Waals surface area contributed by atoms with Crippen LogP contribution in [0.2, 0.25) is 5.02 Å². The molecule has 3 nitrogen and oxygen atoms in total. The first-order valence-electron chi connectivity index (χ1n) is 5.18. The molecular formula is C12H12ClFO3. The lowest BCUT2D eigenvalue weighted by atomic mass is 10.1. The zero-order valence-electron chi connectivity index (χ0n) is 9.33. The predicted octanol–water partition coefficient (Wildman–Crippen LogP) is 3.01. The Labute approximate surface area is 104 Å². The number of hydrogen-bond donors (Lipinski definition) is 0. The fraction of sp³-hybridized carbons (Fsp3) is 0.333. The molecule has 1 aromatic rings. The summed E-state index contributed by atoms with van der Waals surface area (Å²) in [5.41, 5.74) is -0.0568. The Bertz CT molecular complexity index is 432. The second-order valence-corrected chi connectivity index (χ2v) is 3.79. The van der Waals surface area contributed by atoms with Crippen LogP contribution in [0, 0.1) is 5.82 Å². The lowest BCUT2D eigenvalue weighted by Crippen LogP contribution is -2.09. The van der Waals surface area contributed by atoms with E-state index in [4.69, 9.17) is 11.6 Å². The van der Waals surface area contributed by atoms with Crippen LogP contribution in [0.15, 0.2) is 18.2 Å². The van der Waals surface area contributed by atoms with E-state index in [1.165, 1.54) is 12.1 Å². The van der Waals surface area contributed by atoms with E-state index in [0.29, 0.717) is 0 Å². The molecule has 0 fully saturated rings. The first-order chi connectivity index (χ1) is 8.04. The summed E-state index contributed by atoms with van der Waals surface area (Å²) in [7, 11) is 0. The molecule has 92 valence electrons. The maximum atomic E-state index is 13.4. The molecule has 0 spiro atoms. The Morgan fingerprint density at radius 2 is 2.06 bits per heavy atom. The standard InChI is InChI=1S/C12H12ClFO3/c1-2-17-12(16)6-5-11(15)9-4-3-8(13)7-10(9)14/h3-4,7H,2,5-6H2,1H3. The first-order valence-corrected chi connectivity index (χ1v) is 5.56. The van der Waals surface area contributed by atoms with Crippen LogP contribution in [-0.4, -0.2) is 18.4 Å². The van der Waals surface area contributed by atoms with Crippen molar-refractivity contribution < 1.29 is 18.7 Å². The maximum Gasteiger partial charge on any atom is 0.306 e. The van der Waals surface area contributed by atoms with Gasteiger partial charge in [0, 0.05) is 11.4 Å². The Morgan fingerprint density at radius 3 is 2.65 bits per heavy atom. The molecule has 0 bridgehead atoms. The van der Waals surface area contributed by atoms with E-state index >= 15 is 0 Å². The van der Waals surface area contributed by atoms with E-state index in [-0.39, 0.29) is 30.0 Å². The van der Waals surface area contributed by atoms with Crippen LogP contribution in [-0.2, 0) is 9.53 Å². The van der Waals surface area contributed by atoms with Gasteiger partial charge in [-0.15, -0.1) is 0 Å². The van der Waals surface area contributed by atoms with Crippen LogP contribution in [0.1, 0.15) is 30.1 Å². The summed E-state index contributed by atoms with van der Waals surface area (Å²) in [6.07, 6.45) is -0.119. The minimum Gasteiger partial charge on any atom is -0.466 e. The molecule has 0 atom stereocenters. The lowest BCUT2D eigenvalue weighted by Gasteiger charge is -2.03. The van der Waals surface area contributed by atoms with Crippen LogP contribution in [0.3, 0.4) is 0 Å². The third-order valence-corrected chi connectivity index (χ3v) is 2.33. The number of carbonyl (C=O) groups is 2. The predicted molar refractivity (Wildman–Crippen MR) is 61.6 cm³/mol. The first kappa shape index (κ1) is 13.6. The molecule has 1 aromatic carbocycles. The number of Topliss-reactive ketones (excluding diaryl/α,β-unsaturated/α-hetero) is 1. The van der Waals surface area contributed by atoms with Gasteiger partial charge in [-0.1, -0.05) is 11.6 Å². The number of hydrogen-bond acceptors (Lipinski definition) is 3. The number of benzene rings is 1. The second kappa shape index (κ2) is 6.35. The van der Waals surface area contributed by atoms with Gasteiger partial charge in [0.15, 0.2) is 5.78 Å². The molecule has 17 heavy (non-hydrogen) atoms. The molecular weight excluding hydrogens is 247 g/mol. The zero-order chi connectivity index (χ0) is 12.8. The van der Waals surface area contributed by atoms with E-state index in [1.54, 1.807) is 6.92 Å². The van der Waals surface area contributed by atoms with E-state index in [9.17, 15) is 14.0 Å². The van der Waals surface area contributed by atoms with Crippen molar-refractivity contribution in [2.24, 2.45) is 0 Å². The van der Waals surface area contributed by atoms with E-state index in [1.807, 2.05) is 0 Å². The summed E-state index contributed by atoms with van der Waals surface area (Å²) in [4.78, 5) is 22.6. The Hall–Kier alpha value is -1.42. The molecule has 5 heteroatoms. The van der Waals surface area contributed by atoms with Gasteiger partial charge in [0.1, 0.15) is 5.82 Å². The fourth-order valence-electron chi connectivity index (χ4n) is 1.30. The fourth-order valence-corrected chi connectivity index (χ4v) is 1.46. The van der Waals surface area contributed by atoms with Gasteiger partial charge < -0.3 is 4.74 Å². The molecule has 0 radical (unpaired) electrons. The number of ether oxygens (including phenoxy) is 1. The maximum absolute atomic E-state index is 13.4. The molecule has 0 N–H and O–H groups in total. The quantitative estimate of drug-likeness (QED) is 0.602. The SMILES string of the molecule is CCOC(=O)CCC(=O)c1ccc(Cl)cc1F. The average molecular weight is 259 g/mol. The van der Waals surface area contributed by atoms with Crippen molar-refractivity contribution >= 4 is 23.4 Å². The average Bonchev–Trinajstić information content (AvgIpc) is 2.26. The van der Waals surface area contributed by atoms with Gasteiger partial charge in [0.05, 0.1) is 18.6 Å². The topological polar surface area (TPSA) is 43.4 Å². The highest BCUT2D eigenvalue weighted by molar-refractivity contribution is 6.30. The van der Waals surface area contributed by atoms with E-state index in [2.05, 4.69) is 4.74 Å². The summed E-state index contributed by atoms with van der Waals surface area (Å²) in [6, 6.07) is 3.81. The monoisotopic (exact) mass is 258 g/mol. The largest absolute Gasteiger partial charge is 0.466 e. The Morgan fingerprint density at radius 1 is 1.35 bits per heavy atom. The summed E-state index contributed by atoms with van der Waals surface area (Å²) >= 11 is 5.56. The Balaban J connectivity index is 2.61. The van der Waals surface area contributed by atoms with Gasteiger partial charge in [0.25, 0.3) is 0 Å². The van der Waals surface area contributed by atoms with Crippen LogP contribution in [0.25, 0.3) is 0 Å². The highest BCUT2D eigenvalue weighted by atomic mass is 35.5. The molecule has 0 aliphatic rings. The van der Waals surface area contributed by atoms with Crippen LogP contribution >= 0.6 is 11.6 Å². The van der Waals surface area contributed by atoms with E-state index in [0.717, 1.165) is 6.07 Å². The van der Waals surface area contributed by atoms with Crippen molar-refractivity contribution in [3.63, 3.8) is 0 Å². The molecule has 1 rings (SSSR count). The van der Waals surface area contributed by atoms with Crippen molar-refractivity contribution in [2.75, 3.05) is 6.61 Å². The zero-order valence-corrected chi connectivity index (χ0v) is 10.1. The number of rotatable bonds is 5. The van der Waals surface area contributed by atoms with Crippen molar-refractivity contribution in [1.29, 1.82) is 0 Å². The van der Waals surface area contributed by atoms with Gasteiger partial charge in [-0.25, -0.2) is 4.39 Å². The highest BCUT2D eigenvalue weighted by Crippen LogP contribution is 2.16. The van der Waals surface area contributed by atoms with Gasteiger partial charge in [-0.3, -0.25) is 9.59 Å². The summed E-state index contributed by atoms with van der Waals surface area (Å²) < 4.78 is 18.0. The third kappa shape index (κ3) is 4.15. The molecule has 0 aromatic heterocycles. The summed E-state index contributed by atoms with van der Waals surface area (Å²) in [5.74, 6) is -1.58. The number of esters is 1. The molecule has 0 aliphatic carbocycles. The van der Waals surface area contributed by atoms with Crippen LogP contribution < -0.4 is 0 Å². The summed E-state index contributed by atoms with van der Waals surface area (Å²) in [6.45, 7) is 1.95. The lowest BCUT2D eigenvalue weighted by molar-refractivity contribution is -0.143. The highest BCUT2D eigenvalue weighted by Gasteiger charge is 2.14. The molecule has 0 saturated heterocycles. The van der Waals surface area contributed by atoms with E-state index < -0.39 is 17.6 Å².